The van der Waals surface area contributed by atoms with E-state index in [1.165, 1.54) is 0 Å². The Morgan fingerprint density at radius 1 is 1.28 bits per heavy atom. The highest BCUT2D eigenvalue weighted by atomic mass is 16.1. The molecule has 1 fully saturated rings. The SMILES string of the molecule is CN(C)c1nccc(N2CCCC2Cn2nc3c(cc2=O)CCC3)n1. The molecule has 0 radical (unpaired) electrons. The molecule has 1 aliphatic heterocycles. The number of anilines is 2. The average molecular weight is 340 g/mol. The van der Waals surface area contributed by atoms with Crippen LogP contribution < -0.4 is 15.4 Å². The lowest BCUT2D eigenvalue weighted by Gasteiger charge is -2.26. The summed E-state index contributed by atoms with van der Waals surface area (Å²) in [6.45, 7) is 1.57. The number of aryl methyl sites for hydroxylation is 2. The highest BCUT2D eigenvalue weighted by molar-refractivity contribution is 5.45. The van der Waals surface area contributed by atoms with Gasteiger partial charge in [-0.15, -0.1) is 0 Å². The van der Waals surface area contributed by atoms with Crippen LogP contribution in [-0.4, -0.2) is 46.4 Å². The molecule has 2 aromatic heterocycles. The predicted molar refractivity (Wildman–Crippen MR) is 97.2 cm³/mol. The zero-order chi connectivity index (χ0) is 17.4. The summed E-state index contributed by atoms with van der Waals surface area (Å²) < 4.78 is 1.65. The standard InChI is InChI=1S/C18H24N6O/c1-22(2)18-19-9-8-16(20-18)23-10-4-6-14(23)12-24-17(25)11-13-5-3-7-15(13)21-24/h8-9,11,14H,3-7,10,12H2,1-2H3. The molecule has 1 atom stereocenters. The molecule has 0 N–H and O–H groups in total. The van der Waals surface area contributed by atoms with Gasteiger partial charge in [0.05, 0.1) is 18.3 Å². The van der Waals surface area contributed by atoms with Gasteiger partial charge in [0, 0.05) is 32.9 Å². The van der Waals surface area contributed by atoms with Crippen LogP contribution in [-0.2, 0) is 19.4 Å². The van der Waals surface area contributed by atoms with Gasteiger partial charge >= 0.3 is 0 Å². The first kappa shape index (κ1) is 16.1. The molecule has 25 heavy (non-hydrogen) atoms. The normalized spacial score (nSPS) is 19.3. The quantitative estimate of drug-likeness (QED) is 0.835. The lowest BCUT2D eigenvalue weighted by molar-refractivity contribution is 0.481. The zero-order valence-electron chi connectivity index (χ0n) is 14.9. The topological polar surface area (TPSA) is 67.2 Å². The highest BCUT2D eigenvalue weighted by Crippen LogP contribution is 2.25. The second kappa shape index (κ2) is 6.46. The molecule has 1 saturated heterocycles. The molecule has 0 amide bonds. The molecule has 4 rings (SSSR count). The van der Waals surface area contributed by atoms with Crippen molar-refractivity contribution in [3.8, 4) is 0 Å². The molecule has 0 saturated carbocycles. The number of aromatic nitrogens is 4. The second-order valence-electron chi connectivity index (χ2n) is 7.09. The van der Waals surface area contributed by atoms with Gasteiger partial charge in [0.25, 0.3) is 5.56 Å². The summed E-state index contributed by atoms with van der Waals surface area (Å²) in [5, 5.41) is 4.63. The van der Waals surface area contributed by atoms with E-state index in [0.717, 1.165) is 55.7 Å². The van der Waals surface area contributed by atoms with Gasteiger partial charge in [0.2, 0.25) is 5.95 Å². The number of hydrogen-bond acceptors (Lipinski definition) is 6. The van der Waals surface area contributed by atoms with E-state index in [0.29, 0.717) is 12.5 Å². The zero-order valence-corrected chi connectivity index (χ0v) is 14.9. The summed E-state index contributed by atoms with van der Waals surface area (Å²) in [4.78, 5) is 25.5. The minimum Gasteiger partial charge on any atom is -0.352 e. The van der Waals surface area contributed by atoms with Crippen LogP contribution in [0.5, 0.6) is 0 Å². The largest absolute Gasteiger partial charge is 0.352 e. The second-order valence-corrected chi connectivity index (χ2v) is 7.09. The Labute approximate surface area is 147 Å². The van der Waals surface area contributed by atoms with Crippen LogP contribution in [0.15, 0.2) is 23.1 Å². The first-order valence-corrected chi connectivity index (χ1v) is 8.99. The van der Waals surface area contributed by atoms with Crippen molar-refractivity contribution in [1.29, 1.82) is 0 Å². The van der Waals surface area contributed by atoms with Crippen LogP contribution in [0.1, 0.15) is 30.5 Å². The van der Waals surface area contributed by atoms with Crippen LogP contribution in [0.25, 0.3) is 0 Å². The Morgan fingerprint density at radius 3 is 3.00 bits per heavy atom. The van der Waals surface area contributed by atoms with Crippen molar-refractivity contribution >= 4 is 11.8 Å². The molecule has 7 nitrogen and oxygen atoms in total. The van der Waals surface area contributed by atoms with Crippen molar-refractivity contribution in [3.05, 3.63) is 39.9 Å². The third kappa shape index (κ3) is 3.10. The van der Waals surface area contributed by atoms with Crippen molar-refractivity contribution < 1.29 is 0 Å². The lowest BCUT2D eigenvalue weighted by atomic mass is 10.2. The lowest BCUT2D eigenvalue weighted by Crippen LogP contribution is -2.38. The first-order chi connectivity index (χ1) is 12.1. The van der Waals surface area contributed by atoms with Gasteiger partial charge in [0.15, 0.2) is 0 Å². The Kier molecular flexibility index (Phi) is 4.15. The minimum atomic E-state index is 0.0177. The summed E-state index contributed by atoms with van der Waals surface area (Å²) in [5.41, 5.74) is 2.25. The summed E-state index contributed by atoms with van der Waals surface area (Å²) >= 11 is 0. The fourth-order valence-electron chi connectivity index (χ4n) is 3.81. The van der Waals surface area contributed by atoms with Gasteiger partial charge in [0.1, 0.15) is 5.82 Å². The molecule has 0 spiro atoms. The molecule has 132 valence electrons. The Morgan fingerprint density at radius 2 is 2.16 bits per heavy atom. The fraction of sp³-hybridized carbons (Fsp3) is 0.556. The number of fused-ring (bicyclic) bond motifs is 1. The maximum Gasteiger partial charge on any atom is 0.267 e. The molecular weight excluding hydrogens is 316 g/mol. The van der Waals surface area contributed by atoms with Crippen LogP contribution in [0.3, 0.4) is 0 Å². The van der Waals surface area contributed by atoms with E-state index in [-0.39, 0.29) is 11.6 Å². The Hall–Kier alpha value is -2.44. The highest BCUT2D eigenvalue weighted by Gasteiger charge is 2.27. The monoisotopic (exact) mass is 340 g/mol. The summed E-state index contributed by atoms with van der Waals surface area (Å²) in [5.74, 6) is 1.63. The molecule has 1 aliphatic carbocycles. The van der Waals surface area contributed by atoms with E-state index in [2.05, 4.69) is 20.0 Å². The van der Waals surface area contributed by atoms with Crippen molar-refractivity contribution in [2.24, 2.45) is 0 Å². The van der Waals surface area contributed by atoms with Crippen LogP contribution in [0.2, 0.25) is 0 Å². The number of hydrogen-bond donors (Lipinski definition) is 0. The van der Waals surface area contributed by atoms with Crippen molar-refractivity contribution in [2.45, 2.75) is 44.7 Å². The van der Waals surface area contributed by atoms with Gasteiger partial charge in [-0.1, -0.05) is 0 Å². The predicted octanol–water partition coefficient (Wildman–Crippen LogP) is 1.26. The fourth-order valence-corrected chi connectivity index (χ4v) is 3.81. The van der Waals surface area contributed by atoms with Crippen LogP contribution >= 0.6 is 0 Å². The van der Waals surface area contributed by atoms with E-state index in [4.69, 9.17) is 0 Å². The van der Waals surface area contributed by atoms with Crippen molar-refractivity contribution in [3.63, 3.8) is 0 Å². The van der Waals surface area contributed by atoms with Gasteiger partial charge in [-0.25, -0.2) is 9.67 Å². The smallest absolute Gasteiger partial charge is 0.267 e. The Bertz CT molecular complexity index is 831. The van der Waals surface area contributed by atoms with E-state index < -0.39 is 0 Å². The average Bonchev–Trinajstić information content (AvgIpc) is 3.24. The van der Waals surface area contributed by atoms with E-state index >= 15 is 0 Å². The molecule has 2 aromatic rings. The van der Waals surface area contributed by atoms with Crippen molar-refractivity contribution in [1.82, 2.24) is 19.7 Å². The molecule has 7 heteroatoms. The molecule has 0 aromatic carbocycles. The van der Waals surface area contributed by atoms with Crippen LogP contribution in [0, 0.1) is 0 Å². The summed E-state index contributed by atoms with van der Waals surface area (Å²) in [7, 11) is 3.88. The summed E-state index contributed by atoms with van der Waals surface area (Å²) in [6.07, 6.45) is 7.03. The molecular formula is C18H24N6O. The van der Waals surface area contributed by atoms with Gasteiger partial charge < -0.3 is 9.80 Å². The number of rotatable bonds is 4. The Balaban J connectivity index is 1.58. The third-order valence-electron chi connectivity index (χ3n) is 5.11. The van der Waals surface area contributed by atoms with Gasteiger partial charge in [-0.3, -0.25) is 4.79 Å². The molecule has 0 bridgehead atoms. The number of nitrogens with zero attached hydrogens (tertiary/aromatic N) is 6. The van der Waals surface area contributed by atoms with E-state index in [1.54, 1.807) is 16.9 Å². The van der Waals surface area contributed by atoms with Crippen LogP contribution in [0.4, 0.5) is 11.8 Å². The maximum atomic E-state index is 12.4. The van der Waals surface area contributed by atoms with Gasteiger partial charge in [-0.05, 0) is 43.7 Å². The van der Waals surface area contributed by atoms with Crippen molar-refractivity contribution in [2.75, 3.05) is 30.4 Å². The van der Waals surface area contributed by atoms with E-state index in [1.807, 2.05) is 25.1 Å². The third-order valence-corrected chi connectivity index (χ3v) is 5.11. The maximum absolute atomic E-state index is 12.4. The first-order valence-electron chi connectivity index (χ1n) is 8.99. The minimum absolute atomic E-state index is 0.0177. The summed E-state index contributed by atoms with van der Waals surface area (Å²) in [6, 6.07) is 3.97. The molecule has 1 unspecified atom stereocenters. The molecule has 2 aliphatic rings. The molecule has 3 heterocycles. The van der Waals surface area contributed by atoms with Gasteiger partial charge in [-0.2, -0.15) is 10.1 Å². The van der Waals surface area contributed by atoms with E-state index in [9.17, 15) is 4.79 Å².